The van der Waals surface area contributed by atoms with Gasteiger partial charge in [0.2, 0.25) is 0 Å². The fraction of sp³-hybridized carbons (Fsp3) is 0.429. The van der Waals surface area contributed by atoms with Crippen LogP contribution in [-0.2, 0) is 11.8 Å². The van der Waals surface area contributed by atoms with Gasteiger partial charge in [-0.3, -0.25) is 0 Å². The highest BCUT2D eigenvalue weighted by Crippen LogP contribution is 2.32. The molecule has 0 aliphatic carbocycles. The first-order valence-electron chi connectivity index (χ1n) is 6.19. The molecule has 0 radical (unpaired) electrons. The van der Waals surface area contributed by atoms with Gasteiger partial charge in [-0.1, -0.05) is 0 Å². The summed E-state index contributed by atoms with van der Waals surface area (Å²) in [6, 6.07) is 7.79. The maximum atomic E-state index is 8.95. The summed E-state index contributed by atoms with van der Waals surface area (Å²) >= 11 is 0. The lowest BCUT2D eigenvalue weighted by atomic mass is 10.0. The van der Waals surface area contributed by atoms with Gasteiger partial charge >= 0.3 is 0 Å². The van der Waals surface area contributed by atoms with Crippen LogP contribution >= 0.6 is 0 Å². The molecule has 2 unspecified atom stereocenters. The summed E-state index contributed by atoms with van der Waals surface area (Å²) in [7, 11) is 2.01. The van der Waals surface area contributed by atoms with Crippen molar-refractivity contribution in [3.05, 3.63) is 29.6 Å². The fourth-order valence-corrected chi connectivity index (χ4v) is 2.68. The molecule has 1 aromatic heterocycles. The lowest BCUT2D eigenvalue weighted by Crippen LogP contribution is -2.13. The van der Waals surface area contributed by atoms with E-state index in [2.05, 4.69) is 17.6 Å². The predicted molar refractivity (Wildman–Crippen MR) is 68.2 cm³/mol. The van der Waals surface area contributed by atoms with Crippen molar-refractivity contribution >= 4 is 11.0 Å². The smallest absolute Gasteiger partial charge is 0.115 e. The molecule has 0 saturated carbocycles. The molecule has 18 heavy (non-hydrogen) atoms. The molecule has 3 rings (SSSR count). The SMILES string of the molecule is CC1OCCC1c1nc2ccc(C#N)cc2n1C. The standard InChI is InChI=1S/C14H15N3O/c1-9-11(5-6-18-9)14-16-12-4-3-10(8-15)7-13(12)17(14)2/h3-4,7,9,11H,5-6H2,1-2H3. The van der Waals surface area contributed by atoms with Crippen LogP contribution in [0.4, 0.5) is 0 Å². The van der Waals surface area contributed by atoms with Crippen molar-refractivity contribution in [1.82, 2.24) is 9.55 Å². The van der Waals surface area contributed by atoms with Gasteiger partial charge < -0.3 is 9.30 Å². The van der Waals surface area contributed by atoms with Crippen molar-refractivity contribution in [2.45, 2.75) is 25.4 Å². The summed E-state index contributed by atoms with van der Waals surface area (Å²) in [6.45, 7) is 2.90. The van der Waals surface area contributed by atoms with Crippen LogP contribution in [0.25, 0.3) is 11.0 Å². The van der Waals surface area contributed by atoms with Gasteiger partial charge in [-0.15, -0.1) is 0 Å². The molecular weight excluding hydrogens is 226 g/mol. The average Bonchev–Trinajstić information content (AvgIpc) is 2.93. The molecule has 1 aliphatic heterocycles. The van der Waals surface area contributed by atoms with Gasteiger partial charge in [0, 0.05) is 19.6 Å². The normalized spacial score (nSPS) is 23.4. The second kappa shape index (κ2) is 4.11. The molecule has 4 heteroatoms. The summed E-state index contributed by atoms with van der Waals surface area (Å²) < 4.78 is 7.70. The number of benzene rings is 1. The highest BCUT2D eigenvalue weighted by molar-refractivity contribution is 5.77. The van der Waals surface area contributed by atoms with Crippen LogP contribution < -0.4 is 0 Å². The van der Waals surface area contributed by atoms with Crippen molar-refractivity contribution in [3.8, 4) is 6.07 Å². The largest absolute Gasteiger partial charge is 0.378 e. The van der Waals surface area contributed by atoms with E-state index < -0.39 is 0 Å². The van der Waals surface area contributed by atoms with Gasteiger partial charge in [0.15, 0.2) is 0 Å². The fourth-order valence-electron chi connectivity index (χ4n) is 2.68. The van der Waals surface area contributed by atoms with Crippen molar-refractivity contribution in [1.29, 1.82) is 5.26 Å². The van der Waals surface area contributed by atoms with E-state index >= 15 is 0 Å². The summed E-state index contributed by atoms with van der Waals surface area (Å²) in [4.78, 5) is 4.69. The molecule has 1 fully saturated rings. The third kappa shape index (κ3) is 1.59. The van der Waals surface area contributed by atoms with Gasteiger partial charge in [0.25, 0.3) is 0 Å². The van der Waals surface area contributed by atoms with Crippen LogP contribution in [0.5, 0.6) is 0 Å². The van der Waals surface area contributed by atoms with Crippen molar-refractivity contribution in [2.24, 2.45) is 7.05 Å². The third-order valence-corrected chi connectivity index (χ3v) is 3.75. The van der Waals surface area contributed by atoms with Crippen LogP contribution in [0.2, 0.25) is 0 Å². The van der Waals surface area contributed by atoms with E-state index in [1.807, 2.05) is 25.2 Å². The van der Waals surface area contributed by atoms with Crippen molar-refractivity contribution in [3.63, 3.8) is 0 Å². The summed E-state index contributed by atoms with van der Waals surface area (Å²) in [5.41, 5.74) is 2.64. The molecule has 0 N–H and O–H groups in total. The highest BCUT2D eigenvalue weighted by atomic mass is 16.5. The molecule has 0 spiro atoms. The van der Waals surface area contributed by atoms with Gasteiger partial charge in [0.1, 0.15) is 5.82 Å². The Morgan fingerprint density at radius 2 is 2.33 bits per heavy atom. The molecule has 2 heterocycles. The summed E-state index contributed by atoms with van der Waals surface area (Å²) in [5.74, 6) is 1.41. The Hall–Kier alpha value is -1.86. The Kier molecular flexibility index (Phi) is 2.57. The number of imidazole rings is 1. The maximum Gasteiger partial charge on any atom is 0.115 e. The average molecular weight is 241 g/mol. The van der Waals surface area contributed by atoms with Crippen molar-refractivity contribution in [2.75, 3.05) is 6.61 Å². The number of rotatable bonds is 1. The second-order valence-electron chi connectivity index (χ2n) is 4.82. The predicted octanol–water partition coefficient (Wildman–Crippen LogP) is 2.34. The molecule has 92 valence electrons. The van der Waals surface area contributed by atoms with Crippen LogP contribution in [0.3, 0.4) is 0 Å². The molecule has 1 aliphatic rings. The van der Waals surface area contributed by atoms with Gasteiger partial charge in [0.05, 0.1) is 28.8 Å². The van der Waals surface area contributed by atoms with E-state index in [1.54, 1.807) is 0 Å². The molecular formula is C14H15N3O. The Balaban J connectivity index is 2.14. The van der Waals surface area contributed by atoms with Crippen LogP contribution in [0.15, 0.2) is 18.2 Å². The van der Waals surface area contributed by atoms with Crippen LogP contribution in [0.1, 0.15) is 30.7 Å². The minimum Gasteiger partial charge on any atom is -0.378 e. The Morgan fingerprint density at radius 3 is 3.00 bits per heavy atom. The zero-order valence-corrected chi connectivity index (χ0v) is 10.6. The van der Waals surface area contributed by atoms with Crippen LogP contribution in [-0.4, -0.2) is 22.3 Å². The molecule has 2 aromatic rings. The van der Waals surface area contributed by atoms with E-state index in [-0.39, 0.29) is 6.10 Å². The maximum absolute atomic E-state index is 8.95. The molecule has 2 atom stereocenters. The first-order valence-corrected chi connectivity index (χ1v) is 6.19. The Bertz CT molecular complexity index is 638. The zero-order valence-electron chi connectivity index (χ0n) is 10.6. The topological polar surface area (TPSA) is 50.8 Å². The minimum absolute atomic E-state index is 0.218. The quantitative estimate of drug-likeness (QED) is 0.770. The Morgan fingerprint density at radius 1 is 1.50 bits per heavy atom. The number of ether oxygens (including phenoxy) is 1. The van der Waals surface area contributed by atoms with Crippen molar-refractivity contribution < 1.29 is 4.74 Å². The zero-order chi connectivity index (χ0) is 12.7. The van der Waals surface area contributed by atoms with Crippen LogP contribution in [0, 0.1) is 11.3 Å². The van der Waals surface area contributed by atoms with Gasteiger partial charge in [-0.05, 0) is 31.5 Å². The number of aryl methyl sites for hydroxylation is 1. The molecule has 1 aromatic carbocycles. The highest BCUT2D eigenvalue weighted by Gasteiger charge is 2.29. The Labute approximate surface area is 106 Å². The van der Waals surface area contributed by atoms with E-state index in [1.165, 1.54) is 0 Å². The van der Waals surface area contributed by atoms with Gasteiger partial charge in [-0.25, -0.2) is 4.98 Å². The molecule has 0 amide bonds. The van der Waals surface area contributed by atoms with E-state index in [0.717, 1.165) is 29.9 Å². The molecule has 1 saturated heterocycles. The molecule has 4 nitrogen and oxygen atoms in total. The first-order chi connectivity index (χ1) is 8.70. The van der Waals surface area contributed by atoms with E-state index in [4.69, 9.17) is 15.0 Å². The van der Waals surface area contributed by atoms with E-state index in [9.17, 15) is 0 Å². The monoisotopic (exact) mass is 241 g/mol. The number of nitrogens with zero attached hydrogens (tertiary/aromatic N) is 3. The first kappa shape index (κ1) is 11.2. The number of hydrogen-bond donors (Lipinski definition) is 0. The lowest BCUT2D eigenvalue weighted by Gasteiger charge is -2.13. The minimum atomic E-state index is 0.218. The number of nitriles is 1. The number of aromatic nitrogens is 2. The lowest BCUT2D eigenvalue weighted by molar-refractivity contribution is 0.117. The molecule has 0 bridgehead atoms. The number of hydrogen-bond acceptors (Lipinski definition) is 3. The third-order valence-electron chi connectivity index (χ3n) is 3.75. The summed E-state index contributed by atoms with van der Waals surface area (Å²) in [5, 5.41) is 8.95. The second-order valence-corrected chi connectivity index (χ2v) is 4.82. The summed E-state index contributed by atoms with van der Waals surface area (Å²) in [6.07, 6.45) is 1.24. The van der Waals surface area contributed by atoms with E-state index in [0.29, 0.717) is 11.5 Å². The van der Waals surface area contributed by atoms with Gasteiger partial charge in [-0.2, -0.15) is 5.26 Å². The number of fused-ring (bicyclic) bond motifs is 1.